The van der Waals surface area contributed by atoms with Crippen LogP contribution in [-0.4, -0.2) is 31.9 Å². The van der Waals surface area contributed by atoms with E-state index >= 15 is 0 Å². The number of hydrogen-bond donors (Lipinski definition) is 1. The van der Waals surface area contributed by atoms with Crippen molar-refractivity contribution in [1.82, 2.24) is 5.32 Å². The Morgan fingerprint density at radius 3 is 2.53 bits per heavy atom. The summed E-state index contributed by atoms with van der Waals surface area (Å²) < 4.78 is 11.2. The Balaban J connectivity index is 1.95. The van der Waals surface area contributed by atoms with E-state index in [4.69, 9.17) is 9.47 Å². The van der Waals surface area contributed by atoms with Gasteiger partial charge >= 0.3 is 0 Å². The topological polar surface area (TPSA) is 30.5 Å². The van der Waals surface area contributed by atoms with Crippen LogP contribution in [0.4, 0.5) is 0 Å². The Kier molecular flexibility index (Phi) is 4.54. The van der Waals surface area contributed by atoms with Gasteiger partial charge in [0.15, 0.2) is 0 Å². The summed E-state index contributed by atoms with van der Waals surface area (Å²) in [6.45, 7) is 6.59. The summed E-state index contributed by atoms with van der Waals surface area (Å²) in [4.78, 5) is 0. The van der Waals surface area contributed by atoms with Gasteiger partial charge in [-0.25, -0.2) is 0 Å². The summed E-state index contributed by atoms with van der Waals surface area (Å²) >= 11 is 0. The Bertz CT molecular complexity index is 322. The zero-order valence-electron chi connectivity index (χ0n) is 10.6. The van der Waals surface area contributed by atoms with Crippen molar-refractivity contribution < 1.29 is 9.47 Å². The molecule has 0 aromatic heterocycles. The van der Waals surface area contributed by atoms with Crippen molar-refractivity contribution in [2.24, 2.45) is 0 Å². The fraction of sp³-hybridized carbons (Fsp3) is 0.571. The molecule has 1 atom stereocenters. The maximum absolute atomic E-state index is 6.04. The molecule has 94 valence electrons. The van der Waals surface area contributed by atoms with Gasteiger partial charge in [0.25, 0.3) is 0 Å². The molecule has 1 unspecified atom stereocenters. The van der Waals surface area contributed by atoms with Crippen LogP contribution < -0.4 is 5.32 Å². The molecule has 1 aliphatic rings. The summed E-state index contributed by atoms with van der Waals surface area (Å²) in [7, 11) is 0. The summed E-state index contributed by atoms with van der Waals surface area (Å²) in [6.07, 6.45) is 0.377. The van der Waals surface area contributed by atoms with Gasteiger partial charge in [0, 0.05) is 12.6 Å². The van der Waals surface area contributed by atoms with E-state index in [1.54, 1.807) is 0 Å². The number of nitrogens with one attached hydrogen (secondary N) is 1. The van der Waals surface area contributed by atoms with Gasteiger partial charge in [0.2, 0.25) is 0 Å². The quantitative estimate of drug-likeness (QED) is 0.819. The van der Waals surface area contributed by atoms with Crippen molar-refractivity contribution in [2.45, 2.75) is 32.1 Å². The van der Waals surface area contributed by atoms with Gasteiger partial charge in [0.1, 0.15) is 6.10 Å². The number of hydrogen-bond acceptors (Lipinski definition) is 3. The first kappa shape index (κ1) is 12.6. The highest BCUT2D eigenvalue weighted by Gasteiger charge is 2.24. The average Bonchev–Trinajstić information content (AvgIpc) is 2.27. The molecule has 0 saturated carbocycles. The molecule has 17 heavy (non-hydrogen) atoms. The molecule has 3 nitrogen and oxygen atoms in total. The van der Waals surface area contributed by atoms with Crippen LogP contribution in [0.15, 0.2) is 30.3 Å². The van der Waals surface area contributed by atoms with Crippen molar-refractivity contribution in [1.29, 1.82) is 0 Å². The Morgan fingerprint density at radius 2 is 2.00 bits per heavy atom. The van der Waals surface area contributed by atoms with Crippen molar-refractivity contribution >= 4 is 0 Å². The standard InChI is InChI=1S/C14H21NO2/c1-11(2)15-8-14(17-13-9-16-10-13)12-6-4-3-5-7-12/h3-7,11,13-15H,8-10H2,1-2H3. The van der Waals surface area contributed by atoms with E-state index in [2.05, 4.69) is 43.4 Å². The minimum absolute atomic E-state index is 0.118. The molecular formula is C14H21NO2. The average molecular weight is 235 g/mol. The summed E-state index contributed by atoms with van der Waals surface area (Å²) in [5.41, 5.74) is 1.23. The van der Waals surface area contributed by atoms with E-state index in [0.717, 1.165) is 19.8 Å². The van der Waals surface area contributed by atoms with Gasteiger partial charge in [-0.1, -0.05) is 44.2 Å². The van der Waals surface area contributed by atoms with Gasteiger partial charge in [-0.3, -0.25) is 0 Å². The van der Waals surface area contributed by atoms with Crippen LogP contribution in [0.25, 0.3) is 0 Å². The van der Waals surface area contributed by atoms with Crippen LogP contribution in [0.2, 0.25) is 0 Å². The van der Waals surface area contributed by atoms with E-state index in [9.17, 15) is 0 Å². The smallest absolute Gasteiger partial charge is 0.105 e. The molecule has 1 saturated heterocycles. The van der Waals surface area contributed by atoms with Crippen molar-refractivity contribution in [3.05, 3.63) is 35.9 Å². The molecule has 2 rings (SSSR count). The van der Waals surface area contributed by atoms with Gasteiger partial charge < -0.3 is 14.8 Å². The molecule has 3 heteroatoms. The molecule has 1 aliphatic heterocycles. The Hall–Kier alpha value is -0.900. The monoisotopic (exact) mass is 235 g/mol. The third-order valence-corrected chi connectivity index (χ3v) is 2.85. The molecule has 0 spiro atoms. The van der Waals surface area contributed by atoms with Crippen LogP contribution >= 0.6 is 0 Å². The summed E-state index contributed by atoms with van der Waals surface area (Å²) in [5, 5.41) is 3.43. The maximum atomic E-state index is 6.04. The molecule has 1 N–H and O–H groups in total. The third kappa shape index (κ3) is 3.80. The van der Waals surface area contributed by atoms with E-state index in [1.165, 1.54) is 5.56 Å². The van der Waals surface area contributed by atoms with E-state index in [1.807, 2.05) is 6.07 Å². The fourth-order valence-corrected chi connectivity index (χ4v) is 1.78. The van der Waals surface area contributed by atoms with E-state index in [0.29, 0.717) is 6.04 Å². The molecule has 0 radical (unpaired) electrons. The van der Waals surface area contributed by atoms with E-state index in [-0.39, 0.29) is 12.2 Å². The van der Waals surface area contributed by atoms with Gasteiger partial charge in [-0.05, 0) is 5.56 Å². The molecule has 1 fully saturated rings. The van der Waals surface area contributed by atoms with Crippen LogP contribution in [0.5, 0.6) is 0 Å². The molecule has 1 aromatic rings. The first-order valence-corrected chi connectivity index (χ1v) is 6.27. The normalized spacial score (nSPS) is 18.1. The van der Waals surface area contributed by atoms with Crippen LogP contribution in [0.3, 0.4) is 0 Å². The third-order valence-electron chi connectivity index (χ3n) is 2.85. The molecule has 0 aliphatic carbocycles. The lowest BCUT2D eigenvalue weighted by Crippen LogP contribution is -2.39. The highest BCUT2D eigenvalue weighted by atomic mass is 16.6. The van der Waals surface area contributed by atoms with Crippen molar-refractivity contribution in [2.75, 3.05) is 19.8 Å². The molecule has 0 amide bonds. The van der Waals surface area contributed by atoms with Crippen molar-refractivity contribution in [3.63, 3.8) is 0 Å². The van der Waals surface area contributed by atoms with Crippen molar-refractivity contribution in [3.8, 4) is 0 Å². The number of rotatable bonds is 6. The Morgan fingerprint density at radius 1 is 1.29 bits per heavy atom. The second-order valence-corrected chi connectivity index (χ2v) is 4.76. The maximum Gasteiger partial charge on any atom is 0.105 e. The largest absolute Gasteiger partial charge is 0.376 e. The molecule has 1 aromatic carbocycles. The minimum atomic E-state index is 0.118. The second-order valence-electron chi connectivity index (χ2n) is 4.76. The highest BCUT2D eigenvalue weighted by Crippen LogP contribution is 2.21. The summed E-state index contributed by atoms with van der Waals surface area (Å²) in [5.74, 6) is 0. The first-order chi connectivity index (χ1) is 8.25. The predicted octanol–water partition coefficient (Wildman–Crippen LogP) is 2.14. The van der Waals surface area contributed by atoms with Crippen LogP contribution in [-0.2, 0) is 9.47 Å². The Labute approximate surface area is 103 Å². The number of ether oxygens (including phenoxy) is 2. The lowest BCUT2D eigenvalue weighted by atomic mass is 10.1. The van der Waals surface area contributed by atoms with Gasteiger partial charge in [-0.2, -0.15) is 0 Å². The van der Waals surface area contributed by atoms with E-state index < -0.39 is 0 Å². The number of benzene rings is 1. The molecule has 1 heterocycles. The predicted molar refractivity (Wildman–Crippen MR) is 68.0 cm³/mol. The zero-order chi connectivity index (χ0) is 12.1. The van der Waals surface area contributed by atoms with Gasteiger partial charge in [0.05, 0.1) is 19.3 Å². The SMILES string of the molecule is CC(C)NCC(OC1COC1)c1ccccc1. The fourth-order valence-electron chi connectivity index (χ4n) is 1.78. The minimum Gasteiger partial charge on any atom is -0.376 e. The lowest BCUT2D eigenvalue weighted by molar-refractivity contribution is -0.155. The molecule has 0 bridgehead atoms. The summed E-state index contributed by atoms with van der Waals surface area (Å²) in [6, 6.07) is 10.8. The lowest BCUT2D eigenvalue weighted by Gasteiger charge is -2.31. The van der Waals surface area contributed by atoms with Crippen LogP contribution in [0.1, 0.15) is 25.5 Å². The molecular weight excluding hydrogens is 214 g/mol. The first-order valence-electron chi connectivity index (χ1n) is 6.27. The van der Waals surface area contributed by atoms with Crippen LogP contribution in [0, 0.1) is 0 Å². The second kappa shape index (κ2) is 6.15. The zero-order valence-corrected chi connectivity index (χ0v) is 10.6. The highest BCUT2D eigenvalue weighted by molar-refractivity contribution is 5.18. The van der Waals surface area contributed by atoms with Gasteiger partial charge in [-0.15, -0.1) is 0 Å².